The number of hydrogen-bond acceptors (Lipinski definition) is 5. The predicted molar refractivity (Wildman–Crippen MR) is 89.2 cm³/mol. The Morgan fingerprint density at radius 1 is 1.43 bits per heavy atom. The lowest BCUT2D eigenvalue weighted by Gasteiger charge is -2.12. The highest BCUT2D eigenvalue weighted by molar-refractivity contribution is 7.08. The van der Waals surface area contributed by atoms with Crippen LogP contribution < -0.4 is 10.1 Å². The Labute approximate surface area is 136 Å². The van der Waals surface area contributed by atoms with Crippen LogP contribution in [0.4, 0.5) is 5.69 Å². The molecule has 6 nitrogen and oxygen atoms in total. The van der Waals surface area contributed by atoms with Gasteiger partial charge in [0.25, 0.3) is 0 Å². The average Bonchev–Trinajstić information content (AvgIpc) is 3.23. The quantitative estimate of drug-likeness (QED) is 0.645. The molecule has 118 valence electrons. The lowest BCUT2D eigenvalue weighted by Crippen LogP contribution is -2.04. The Kier molecular flexibility index (Phi) is 4.29. The molecular formula is C16H15N3O3S. The van der Waals surface area contributed by atoms with E-state index in [1.54, 1.807) is 36.8 Å². The normalized spacial score (nSPS) is 10.5. The smallest absolute Gasteiger partial charge is 0.335 e. The van der Waals surface area contributed by atoms with E-state index < -0.39 is 5.97 Å². The molecular weight excluding hydrogens is 314 g/mol. The van der Waals surface area contributed by atoms with Crippen LogP contribution >= 0.6 is 11.3 Å². The summed E-state index contributed by atoms with van der Waals surface area (Å²) in [7, 11) is 1.55. The number of ether oxygens (including phenoxy) is 1. The lowest BCUT2D eigenvalue weighted by atomic mass is 10.1. The third-order valence-corrected chi connectivity index (χ3v) is 4.13. The number of nitrogens with zero attached hydrogens (tertiary/aromatic N) is 1. The Bertz CT molecular complexity index is 812. The zero-order valence-corrected chi connectivity index (χ0v) is 13.2. The maximum Gasteiger partial charge on any atom is 0.335 e. The predicted octanol–water partition coefficient (Wildman–Crippen LogP) is 3.46. The van der Waals surface area contributed by atoms with Gasteiger partial charge >= 0.3 is 5.97 Å². The number of rotatable bonds is 6. The molecule has 2 aromatic heterocycles. The molecule has 0 aliphatic heterocycles. The molecule has 0 aliphatic rings. The fourth-order valence-corrected chi connectivity index (χ4v) is 2.92. The minimum Gasteiger partial charge on any atom is -0.495 e. The van der Waals surface area contributed by atoms with E-state index in [1.807, 2.05) is 16.8 Å². The van der Waals surface area contributed by atoms with Crippen LogP contribution in [0.25, 0.3) is 11.3 Å². The van der Waals surface area contributed by atoms with Gasteiger partial charge in [-0.25, -0.2) is 4.79 Å². The average molecular weight is 329 g/mol. The summed E-state index contributed by atoms with van der Waals surface area (Å²) in [5.41, 5.74) is 3.86. The van der Waals surface area contributed by atoms with Gasteiger partial charge in [-0.05, 0) is 29.6 Å². The van der Waals surface area contributed by atoms with Crippen molar-refractivity contribution < 1.29 is 14.6 Å². The fraction of sp³-hybridized carbons (Fsp3) is 0.125. The Hall–Kier alpha value is -2.80. The van der Waals surface area contributed by atoms with E-state index in [9.17, 15) is 4.79 Å². The van der Waals surface area contributed by atoms with Crippen LogP contribution in [0.15, 0.2) is 41.2 Å². The van der Waals surface area contributed by atoms with Crippen LogP contribution in [0.3, 0.4) is 0 Å². The lowest BCUT2D eigenvalue weighted by molar-refractivity contribution is 0.0697. The first-order valence-corrected chi connectivity index (χ1v) is 7.83. The van der Waals surface area contributed by atoms with E-state index in [0.717, 1.165) is 16.8 Å². The number of thiophene rings is 1. The van der Waals surface area contributed by atoms with Gasteiger partial charge in [-0.3, -0.25) is 5.10 Å². The third-order valence-electron chi connectivity index (χ3n) is 3.44. The van der Waals surface area contributed by atoms with E-state index in [1.165, 1.54) is 6.07 Å². The van der Waals surface area contributed by atoms with Crippen molar-refractivity contribution in [2.24, 2.45) is 0 Å². The number of H-pyrrole nitrogens is 1. The minimum atomic E-state index is -0.974. The summed E-state index contributed by atoms with van der Waals surface area (Å²) in [5, 5.41) is 23.5. The topological polar surface area (TPSA) is 87.2 Å². The summed E-state index contributed by atoms with van der Waals surface area (Å²) in [6.07, 6.45) is 1.76. The van der Waals surface area contributed by atoms with Crippen LogP contribution in [0.5, 0.6) is 5.75 Å². The summed E-state index contributed by atoms with van der Waals surface area (Å²) >= 11 is 1.62. The van der Waals surface area contributed by atoms with E-state index >= 15 is 0 Å². The third kappa shape index (κ3) is 3.19. The number of carbonyl (C=O) groups is 1. The van der Waals surface area contributed by atoms with Crippen molar-refractivity contribution in [2.75, 3.05) is 12.4 Å². The van der Waals surface area contributed by atoms with Gasteiger partial charge in [-0.1, -0.05) is 0 Å². The highest BCUT2D eigenvalue weighted by atomic mass is 32.1. The summed E-state index contributed by atoms with van der Waals surface area (Å²) in [6, 6.07) is 6.74. The second kappa shape index (κ2) is 6.53. The van der Waals surface area contributed by atoms with Crippen molar-refractivity contribution in [3.05, 3.63) is 52.3 Å². The molecule has 0 amide bonds. The zero-order chi connectivity index (χ0) is 16.2. The highest BCUT2D eigenvalue weighted by Crippen LogP contribution is 2.28. The molecule has 0 spiro atoms. The second-order valence-corrected chi connectivity index (χ2v) is 5.64. The van der Waals surface area contributed by atoms with Crippen molar-refractivity contribution in [1.82, 2.24) is 10.2 Å². The molecule has 3 rings (SSSR count). The van der Waals surface area contributed by atoms with Crippen LogP contribution in [0, 0.1) is 0 Å². The Morgan fingerprint density at radius 2 is 2.30 bits per heavy atom. The molecule has 3 aromatic rings. The maximum absolute atomic E-state index is 11.1. The molecule has 0 saturated heterocycles. The highest BCUT2D eigenvalue weighted by Gasteiger charge is 2.11. The molecule has 0 unspecified atom stereocenters. The Morgan fingerprint density at radius 3 is 3.00 bits per heavy atom. The van der Waals surface area contributed by atoms with Crippen molar-refractivity contribution in [3.8, 4) is 17.0 Å². The van der Waals surface area contributed by atoms with Gasteiger partial charge in [0.2, 0.25) is 0 Å². The van der Waals surface area contributed by atoms with Crippen molar-refractivity contribution in [1.29, 1.82) is 0 Å². The van der Waals surface area contributed by atoms with Crippen LogP contribution in [0.1, 0.15) is 15.9 Å². The molecule has 0 bridgehead atoms. The standard InChI is InChI=1S/C16H15N3O3S/c1-22-14-3-2-10(16(20)21)6-13(14)17-7-12-8-18-19-15(12)11-4-5-23-9-11/h2-6,8-9,17H,7H2,1H3,(H,18,19)(H,20,21). The molecule has 0 saturated carbocycles. The molecule has 7 heteroatoms. The van der Waals surface area contributed by atoms with Gasteiger partial charge in [0.05, 0.1) is 30.3 Å². The molecule has 0 aliphatic carbocycles. The molecule has 0 radical (unpaired) electrons. The summed E-state index contributed by atoms with van der Waals surface area (Å²) in [4.78, 5) is 11.1. The van der Waals surface area contributed by atoms with Gasteiger partial charge < -0.3 is 15.2 Å². The van der Waals surface area contributed by atoms with Gasteiger partial charge in [-0.2, -0.15) is 16.4 Å². The molecule has 23 heavy (non-hydrogen) atoms. The number of aromatic nitrogens is 2. The van der Waals surface area contributed by atoms with Crippen LogP contribution in [-0.2, 0) is 6.54 Å². The first kappa shape index (κ1) is 15.1. The molecule has 2 heterocycles. The number of nitrogens with one attached hydrogen (secondary N) is 2. The number of hydrogen-bond donors (Lipinski definition) is 3. The molecule has 1 aromatic carbocycles. The first-order valence-electron chi connectivity index (χ1n) is 6.89. The SMILES string of the molecule is COc1ccc(C(=O)O)cc1NCc1cn[nH]c1-c1ccsc1. The zero-order valence-electron chi connectivity index (χ0n) is 12.4. The van der Waals surface area contributed by atoms with Crippen LogP contribution in [0.2, 0.25) is 0 Å². The van der Waals surface area contributed by atoms with E-state index in [-0.39, 0.29) is 5.56 Å². The van der Waals surface area contributed by atoms with Gasteiger partial charge in [0.15, 0.2) is 0 Å². The fourth-order valence-electron chi connectivity index (χ4n) is 2.27. The van der Waals surface area contributed by atoms with Crippen molar-refractivity contribution >= 4 is 23.0 Å². The Balaban J connectivity index is 1.83. The van der Waals surface area contributed by atoms with Gasteiger partial charge in [0, 0.05) is 23.1 Å². The van der Waals surface area contributed by atoms with E-state index in [2.05, 4.69) is 15.5 Å². The van der Waals surface area contributed by atoms with Gasteiger partial charge in [0.1, 0.15) is 5.75 Å². The maximum atomic E-state index is 11.1. The molecule has 3 N–H and O–H groups in total. The van der Waals surface area contributed by atoms with Gasteiger partial charge in [-0.15, -0.1) is 0 Å². The van der Waals surface area contributed by atoms with Crippen molar-refractivity contribution in [3.63, 3.8) is 0 Å². The number of anilines is 1. The largest absolute Gasteiger partial charge is 0.495 e. The molecule has 0 atom stereocenters. The second-order valence-electron chi connectivity index (χ2n) is 4.86. The first-order chi connectivity index (χ1) is 11.2. The number of carboxylic acids is 1. The number of benzene rings is 1. The minimum absolute atomic E-state index is 0.207. The summed E-state index contributed by atoms with van der Waals surface area (Å²) in [5.74, 6) is -0.381. The van der Waals surface area contributed by atoms with Crippen LogP contribution in [-0.4, -0.2) is 28.4 Å². The summed E-state index contributed by atoms with van der Waals surface area (Å²) < 4.78 is 5.28. The number of aromatic amines is 1. The van der Waals surface area contributed by atoms with E-state index in [0.29, 0.717) is 18.0 Å². The summed E-state index contributed by atoms with van der Waals surface area (Å²) in [6.45, 7) is 0.501. The molecule has 0 fully saturated rings. The monoisotopic (exact) mass is 329 g/mol. The van der Waals surface area contributed by atoms with E-state index in [4.69, 9.17) is 9.84 Å². The van der Waals surface area contributed by atoms with Crippen molar-refractivity contribution in [2.45, 2.75) is 6.54 Å². The number of methoxy groups -OCH3 is 1. The number of aromatic carboxylic acids is 1. The number of carboxylic acid groups (broad SMARTS) is 1.